The molecular weight excluding hydrogens is 204 g/mol. The molecule has 16 heavy (non-hydrogen) atoms. The van der Waals surface area contributed by atoms with Crippen LogP contribution in [-0.2, 0) is 13.6 Å². The third-order valence-corrected chi connectivity index (χ3v) is 2.30. The summed E-state index contributed by atoms with van der Waals surface area (Å²) in [5.41, 5.74) is 1.14. The van der Waals surface area contributed by atoms with E-state index < -0.39 is 0 Å². The Morgan fingerprint density at radius 3 is 3.00 bits per heavy atom. The Bertz CT molecular complexity index is 438. The fraction of sp³-hybridized carbons (Fsp3) is 0.400. The van der Waals surface area contributed by atoms with Crippen LogP contribution in [0, 0.1) is 0 Å². The summed E-state index contributed by atoms with van der Waals surface area (Å²) in [5, 5.41) is 15.1. The molecule has 0 aromatic carbocycles. The molecule has 0 bridgehead atoms. The van der Waals surface area contributed by atoms with Crippen molar-refractivity contribution in [2.24, 2.45) is 7.05 Å². The molecule has 0 aliphatic carbocycles. The number of hydrogen-bond donors (Lipinski definition) is 1. The molecule has 0 saturated heterocycles. The smallest absolute Gasteiger partial charge is 0.188 e. The minimum absolute atomic E-state index is 0.220. The van der Waals surface area contributed by atoms with E-state index in [-0.39, 0.29) is 6.04 Å². The van der Waals surface area contributed by atoms with Gasteiger partial charge >= 0.3 is 0 Å². The van der Waals surface area contributed by atoms with Gasteiger partial charge in [-0.15, -0.1) is 10.2 Å². The lowest BCUT2D eigenvalue weighted by Crippen LogP contribution is -2.19. The van der Waals surface area contributed by atoms with Crippen LogP contribution in [0.2, 0.25) is 0 Å². The summed E-state index contributed by atoms with van der Waals surface area (Å²) >= 11 is 0. The third-order valence-electron chi connectivity index (χ3n) is 2.30. The van der Waals surface area contributed by atoms with Crippen LogP contribution in [0.4, 0.5) is 0 Å². The number of pyridine rings is 1. The van der Waals surface area contributed by atoms with Crippen LogP contribution < -0.4 is 5.32 Å². The van der Waals surface area contributed by atoms with Crippen molar-refractivity contribution in [1.29, 1.82) is 0 Å². The molecule has 6 heteroatoms. The number of rotatable bonds is 4. The van der Waals surface area contributed by atoms with E-state index >= 15 is 0 Å². The van der Waals surface area contributed by atoms with Gasteiger partial charge in [0, 0.05) is 18.4 Å². The van der Waals surface area contributed by atoms with Crippen LogP contribution >= 0.6 is 0 Å². The lowest BCUT2D eigenvalue weighted by Gasteiger charge is -2.11. The van der Waals surface area contributed by atoms with Crippen LogP contribution in [0.15, 0.2) is 24.5 Å². The molecule has 0 unspecified atom stereocenters. The van der Waals surface area contributed by atoms with Crippen LogP contribution in [0.1, 0.15) is 24.4 Å². The molecule has 0 fully saturated rings. The molecule has 0 saturated carbocycles. The number of nitrogens with zero attached hydrogens (tertiary/aromatic N) is 5. The van der Waals surface area contributed by atoms with Crippen molar-refractivity contribution in [2.45, 2.75) is 19.5 Å². The first-order valence-corrected chi connectivity index (χ1v) is 5.12. The van der Waals surface area contributed by atoms with E-state index in [1.165, 1.54) is 4.80 Å². The molecule has 0 aliphatic heterocycles. The first-order chi connectivity index (χ1) is 7.75. The normalized spacial score (nSPS) is 12.6. The quantitative estimate of drug-likeness (QED) is 0.807. The molecule has 84 valence electrons. The van der Waals surface area contributed by atoms with Gasteiger partial charge in [-0.3, -0.25) is 4.98 Å². The number of aryl methyl sites for hydroxylation is 1. The van der Waals surface area contributed by atoms with Gasteiger partial charge in [0.05, 0.1) is 13.6 Å². The van der Waals surface area contributed by atoms with Gasteiger partial charge in [-0.05, 0) is 23.8 Å². The van der Waals surface area contributed by atoms with Gasteiger partial charge in [-0.25, -0.2) is 0 Å². The Kier molecular flexibility index (Phi) is 3.21. The van der Waals surface area contributed by atoms with Crippen molar-refractivity contribution in [3.63, 3.8) is 0 Å². The number of aromatic nitrogens is 5. The maximum absolute atomic E-state index is 4.09. The Morgan fingerprint density at radius 2 is 2.38 bits per heavy atom. The van der Waals surface area contributed by atoms with Crippen molar-refractivity contribution >= 4 is 0 Å². The summed E-state index contributed by atoms with van der Waals surface area (Å²) in [6.07, 6.45) is 3.61. The summed E-state index contributed by atoms with van der Waals surface area (Å²) in [5.74, 6) is 0.693. The van der Waals surface area contributed by atoms with E-state index in [0.717, 1.165) is 5.56 Å². The van der Waals surface area contributed by atoms with E-state index in [1.54, 1.807) is 13.2 Å². The molecule has 2 rings (SSSR count). The zero-order chi connectivity index (χ0) is 11.4. The second-order valence-corrected chi connectivity index (χ2v) is 3.58. The van der Waals surface area contributed by atoms with Crippen molar-refractivity contribution in [2.75, 3.05) is 0 Å². The fourth-order valence-corrected chi connectivity index (χ4v) is 1.39. The van der Waals surface area contributed by atoms with Gasteiger partial charge < -0.3 is 5.32 Å². The summed E-state index contributed by atoms with van der Waals surface area (Å²) < 4.78 is 0. The second kappa shape index (κ2) is 4.80. The van der Waals surface area contributed by atoms with E-state index in [4.69, 9.17) is 0 Å². The third kappa shape index (κ3) is 2.60. The monoisotopic (exact) mass is 218 g/mol. The van der Waals surface area contributed by atoms with Gasteiger partial charge in [0.25, 0.3) is 0 Å². The van der Waals surface area contributed by atoms with E-state index in [0.29, 0.717) is 12.4 Å². The summed E-state index contributed by atoms with van der Waals surface area (Å²) in [6.45, 7) is 2.68. The zero-order valence-corrected chi connectivity index (χ0v) is 9.33. The largest absolute Gasteiger partial charge is 0.303 e. The highest BCUT2D eigenvalue weighted by Crippen LogP contribution is 2.09. The molecule has 0 radical (unpaired) electrons. The van der Waals surface area contributed by atoms with Crippen LogP contribution in [0.5, 0.6) is 0 Å². The SMILES string of the molecule is C[C@H](NCc1nnn(C)n1)c1cccnc1. The highest BCUT2D eigenvalue weighted by atomic mass is 15.6. The highest BCUT2D eigenvalue weighted by Gasteiger charge is 2.06. The van der Waals surface area contributed by atoms with Crippen molar-refractivity contribution in [1.82, 2.24) is 30.5 Å². The van der Waals surface area contributed by atoms with Gasteiger partial charge in [-0.1, -0.05) is 6.07 Å². The van der Waals surface area contributed by atoms with E-state index in [1.807, 2.05) is 18.3 Å². The van der Waals surface area contributed by atoms with Crippen molar-refractivity contribution in [3.05, 3.63) is 35.9 Å². The average molecular weight is 218 g/mol. The van der Waals surface area contributed by atoms with Gasteiger partial charge in [0.1, 0.15) is 0 Å². The summed E-state index contributed by atoms with van der Waals surface area (Å²) in [6, 6.07) is 4.18. The number of tetrazole rings is 1. The highest BCUT2D eigenvalue weighted by molar-refractivity contribution is 5.12. The molecule has 1 atom stereocenters. The minimum Gasteiger partial charge on any atom is -0.303 e. The summed E-state index contributed by atoms with van der Waals surface area (Å²) in [7, 11) is 1.75. The van der Waals surface area contributed by atoms with E-state index in [2.05, 4.69) is 32.6 Å². The van der Waals surface area contributed by atoms with Crippen molar-refractivity contribution in [3.8, 4) is 0 Å². The van der Waals surface area contributed by atoms with Gasteiger partial charge in [0.2, 0.25) is 0 Å². The Hall–Kier alpha value is -1.82. The van der Waals surface area contributed by atoms with Crippen LogP contribution in [-0.4, -0.2) is 25.2 Å². The number of nitrogens with one attached hydrogen (secondary N) is 1. The first kappa shape index (κ1) is 10.7. The zero-order valence-electron chi connectivity index (χ0n) is 9.33. The average Bonchev–Trinajstić information content (AvgIpc) is 2.73. The van der Waals surface area contributed by atoms with Gasteiger partial charge in [0.15, 0.2) is 5.82 Å². The molecular formula is C10H14N6. The fourth-order valence-electron chi connectivity index (χ4n) is 1.39. The molecule has 0 amide bonds. The topological polar surface area (TPSA) is 68.5 Å². The first-order valence-electron chi connectivity index (χ1n) is 5.12. The minimum atomic E-state index is 0.220. The lowest BCUT2D eigenvalue weighted by atomic mass is 10.1. The van der Waals surface area contributed by atoms with Crippen LogP contribution in [0.25, 0.3) is 0 Å². The molecule has 2 heterocycles. The van der Waals surface area contributed by atoms with E-state index in [9.17, 15) is 0 Å². The molecule has 0 spiro atoms. The number of hydrogen-bond acceptors (Lipinski definition) is 5. The lowest BCUT2D eigenvalue weighted by molar-refractivity contribution is 0.554. The molecule has 0 aliphatic rings. The van der Waals surface area contributed by atoms with Crippen molar-refractivity contribution < 1.29 is 0 Å². The predicted molar refractivity (Wildman–Crippen MR) is 58.3 cm³/mol. The Morgan fingerprint density at radius 1 is 1.50 bits per heavy atom. The standard InChI is InChI=1S/C10H14N6/c1-8(9-4-3-5-11-6-9)12-7-10-13-15-16(2)14-10/h3-6,8,12H,7H2,1-2H3/t8-/m0/s1. The Balaban J connectivity index is 1.91. The molecule has 2 aromatic rings. The maximum atomic E-state index is 4.09. The predicted octanol–water partition coefficient (Wildman–Crippen LogP) is 0.456. The van der Waals surface area contributed by atoms with Crippen LogP contribution in [0.3, 0.4) is 0 Å². The second-order valence-electron chi connectivity index (χ2n) is 3.58. The molecule has 1 N–H and O–H groups in total. The maximum Gasteiger partial charge on any atom is 0.188 e. The molecule has 2 aromatic heterocycles. The Labute approximate surface area is 93.7 Å². The molecule has 6 nitrogen and oxygen atoms in total. The summed E-state index contributed by atoms with van der Waals surface area (Å²) in [4.78, 5) is 5.53. The van der Waals surface area contributed by atoms with Gasteiger partial charge in [-0.2, -0.15) is 4.80 Å².